The summed E-state index contributed by atoms with van der Waals surface area (Å²) < 4.78 is 5.34. The van der Waals surface area contributed by atoms with Crippen molar-refractivity contribution >= 4 is 5.97 Å². The molecule has 1 fully saturated rings. The molecule has 0 amide bonds. The van der Waals surface area contributed by atoms with Crippen molar-refractivity contribution in [2.45, 2.75) is 46.3 Å². The van der Waals surface area contributed by atoms with Crippen molar-refractivity contribution in [2.24, 2.45) is 17.8 Å². The number of carbonyl (C=O) groups excluding carboxylic acids is 1. The van der Waals surface area contributed by atoms with Gasteiger partial charge in [0.2, 0.25) is 0 Å². The largest absolute Gasteiger partial charge is 0.461 e. The normalized spacial score (nSPS) is 40.5. The Morgan fingerprint density at radius 3 is 2.57 bits per heavy atom. The molecule has 0 radical (unpaired) electrons. The molecule has 1 saturated heterocycles. The van der Waals surface area contributed by atoms with Crippen LogP contribution in [0.2, 0.25) is 0 Å². The minimum atomic E-state index is -0.560. The Labute approximate surface area is 85.5 Å². The summed E-state index contributed by atoms with van der Waals surface area (Å²) >= 11 is 0. The molecule has 0 aliphatic carbocycles. The molecule has 1 N–H and O–H groups in total. The van der Waals surface area contributed by atoms with Crippen LogP contribution in [0.25, 0.3) is 0 Å². The van der Waals surface area contributed by atoms with E-state index in [-0.39, 0.29) is 23.9 Å². The lowest BCUT2D eigenvalue weighted by Gasteiger charge is -2.38. The second-order valence-electron chi connectivity index (χ2n) is 4.43. The maximum atomic E-state index is 11.4. The van der Waals surface area contributed by atoms with Crippen molar-refractivity contribution in [2.75, 3.05) is 0 Å². The summed E-state index contributed by atoms with van der Waals surface area (Å²) in [5, 5.41) is 9.83. The zero-order chi connectivity index (χ0) is 10.9. The van der Waals surface area contributed by atoms with Gasteiger partial charge in [-0.15, -0.1) is 0 Å². The van der Waals surface area contributed by atoms with Crippen LogP contribution >= 0.6 is 0 Å². The molecule has 3 nitrogen and oxygen atoms in total. The molecule has 0 aromatic carbocycles. The monoisotopic (exact) mass is 200 g/mol. The van der Waals surface area contributed by atoms with Crippen LogP contribution < -0.4 is 0 Å². The Morgan fingerprint density at radius 2 is 2.07 bits per heavy atom. The van der Waals surface area contributed by atoms with Crippen LogP contribution in [0.5, 0.6) is 0 Å². The van der Waals surface area contributed by atoms with Crippen molar-refractivity contribution < 1.29 is 14.6 Å². The van der Waals surface area contributed by atoms with Gasteiger partial charge in [0.1, 0.15) is 6.10 Å². The number of rotatable bonds is 2. The predicted octanol–water partition coefficient (Wildman–Crippen LogP) is 1.59. The molecule has 0 aromatic heterocycles. The lowest BCUT2D eigenvalue weighted by Crippen LogP contribution is -2.48. The van der Waals surface area contributed by atoms with Crippen molar-refractivity contribution in [3.05, 3.63) is 0 Å². The average molecular weight is 200 g/mol. The molecule has 1 rings (SSSR count). The third kappa shape index (κ3) is 1.92. The summed E-state index contributed by atoms with van der Waals surface area (Å²) in [5.41, 5.74) is 0. The highest BCUT2D eigenvalue weighted by Crippen LogP contribution is 2.31. The first-order chi connectivity index (χ1) is 6.49. The fraction of sp³-hybridized carbons (Fsp3) is 0.909. The smallest absolute Gasteiger partial charge is 0.311 e. The third-order valence-electron chi connectivity index (χ3n) is 3.40. The highest BCUT2D eigenvalue weighted by Gasteiger charge is 2.41. The lowest BCUT2D eigenvalue weighted by molar-refractivity contribution is -0.182. The maximum Gasteiger partial charge on any atom is 0.311 e. The summed E-state index contributed by atoms with van der Waals surface area (Å²) in [6, 6.07) is 0. The fourth-order valence-electron chi connectivity index (χ4n) is 2.00. The molecule has 0 spiro atoms. The SMILES string of the molecule is CC[C@@H](C)[C@H]1OC(=O)[C@H](C)[C@@H](O)[C@H]1C. The Balaban J connectivity index is 2.75. The standard InChI is InChI=1S/C11H20O3/c1-5-6(2)10-7(3)9(12)8(4)11(13)14-10/h6-10,12H,5H2,1-4H3/t6-,7-,8-,9+,10-/m1/s1. The van der Waals surface area contributed by atoms with E-state index in [9.17, 15) is 9.90 Å². The van der Waals surface area contributed by atoms with Gasteiger partial charge in [-0.05, 0) is 12.8 Å². The summed E-state index contributed by atoms with van der Waals surface area (Å²) in [6.45, 7) is 7.79. The van der Waals surface area contributed by atoms with Crippen LogP contribution in [0.15, 0.2) is 0 Å². The van der Waals surface area contributed by atoms with Crippen LogP contribution in [-0.4, -0.2) is 23.3 Å². The predicted molar refractivity (Wildman–Crippen MR) is 53.7 cm³/mol. The topological polar surface area (TPSA) is 46.5 Å². The molecule has 0 unspecified atom stereocenters. The van der Waals surface area contributed by atoms with E-state index in [0.29, 0.717) is 5.92 Å². The molecular formula is C11H20O3. The van der Waals surface area contributed by atoms with Crippen LogP contribution in [0.1, 0.15) is 34.1 Å². The Hall–Kier alpha value is -0.570. The quantitative estimate of drug-likeness (QED) is 0.688. The molecule has 82 valence electrons. The van der Waals surface area contributed by atoms with Gasteiger partial charge in [0.15, 0.2) is 0 Å². The molecule has 0 aromatic rings. The van der Waals surface area contributed by atoms with E-state index in [0.717, 1.165) is 6.42 Å². The maximum absolute atomic E-state index is 11.4. The van der Waals surface area contributed by atoms with Crippen LogP contribution in [-0.2, 0) is 9.53 Å². The number of carbonyl (C=O) groups is 1. The van der Waals surface area contributed by atoms with Crippen molar-refractivity contribution in [3.63, 3.8) is 0 Å². The van der Waals surface area contributed by atoms with Gasteiger partial charge in [0, 0.05) is 5.92 Å². The highest BCUT2D eigenvalue weighted by molar-refractivity contribution is 5.73. The minimum absolute atomic E-state index is 0.0395. The second-order valence-corrected chi connectivity index (χ2v) is 4.43. The van der Waals surface area contributed by atoms with Gasteiger partial charge in [-0.25, -0.2) is 0 Å². The molecule has 1 aliphatic heterocycles. The summed E-state index contributed by atoms with van der Waals surface area (Å²) in [6.07, 6.45) is 0.276. The van der Waals surface area contributed by atoms with Crippen molar-refractivity contribution in [3.8, 4) is 0 Å². The minimum Gasteiger partial charge on any atom is -0.461 e. The number of cyclic esters (lactones) is 1. The van der Waals surface area contributed by atoms with Gasteiger partial charge < -0.3 is 9.84 Å². The molecule has 3 heteroatoms. The number of aliphatic hydroxyl groups excluding tert-OH is 1. The van der Waals surface area contributed by atoms with Crippen LogP contribution in [0.4, 0.5) is 0 Å². The summed E-state index contributed by atoms with van der Waals surface area (Å²) in [5.74, 6) is -0.292. The fourth-order valence-corrected chi connectivity index (χ4v) is 2.00. The highest BCUT2D eigenvalue weighted by atomic mass is 16.5. The van der Waals surface area contributed by atoms with E-state index in [2.05, 4.69) is 13.8 Å². The average Bonchev–Trinajstić information content (AvgIpc) is 2.19. The van der Waals surface area contributed by atoms with Crippen molar-refractivity contribution in [1.29, 1.82) is 0 Å². The van der Waals surface area contributed by atoms with Gasteiger partial charge in [0.25, 0.3) is 0 Å². The van der Waals surface area contributed by atoms with Crippen molar-refractivity contribution in [1.82, 2.24) is 0 Å². The van der Waals surface area contributed by atoms with Crippen LogP contribution in [0, 0.1) is 17.8 Å². The number of aliphatic hydroxyl groups is 1. The Morgan fingerprint density at radius 1 is 1.50 bits per heavy atom. The first-order valence-corrected chi connectivity index (χ1v) is 5.37. The van der Waals surface area contributed by atoms with Gasteiger partial charge in [-0.1, -0.05) is 27.2 Å². The first kappa shape index (κ1) is 11.5. The number of hydrogen-bond donors (Lipinski definition) is 1. The molecule has 0 saturated carbocycles. The van der Waals surface area contributed by atoms with Gasteiger partial charge in [0.05, 0.1) is 12.0 Å². The zero-order valence-corrected chi connectivity index (χ0v) is 9.36. The van der Waals surface area contributed by atoms with E-state index in [4.69, 9.17) is 4.74 Å². The van der Waals surface area contributed by atoms with Gasteiger partial charge in [-0.2, -0.15) is 0 Å². The van der Waals surface area contributed by atoms with E-state index < -0.39 is 6.10 Å². The number of esters is 1. The molecule has 14 heavy (non-hydrogen) atoms. The number of ether oxygens (including phenoxy) is 1. The molecule has 5 atom stereocenters. The molecular weight excluding hydrogens is 180 g/mol. The Kier molecular flexibility index (Phi) is 3.53. The third-order valence-corrected chi connectivity index (χ3v) is 3.40. The molecule has 1 aliphatic rings. The molecule has 0 bridgehead atoms. The van der Waals surface area contributed by atoms with E-state index in [1.165, 1.54) is 0 Å². The first-order valence-electron chi connectivity index (χ1n) is 5.37. The molecule has 1 heterocycles. The van der Waals surface area contributed by atoms with Gasteiger partial charge >= 0.3 is 5.97 Å². The van der Waals surface area contributed by atoms with E-state index in [1.807, 2.05) is 6.92 Å². The van der Waals surface area contributed by atoms with Gasteiger partial charge in [-0.3, -0.25) is 4.79 Å². The lowest BCUT2D eigenvalue weighted by atomic mass is 9.81. The van der Waals surface area contributed by atoms with E-state index in [1.54, 1.807) is 6.92 Å². The second kappa shape index (κ2) is 4.30. The summed E-state index contributed by atoms with van der Waals surface area (Å²) in [4.78, 5) is 11.4. The van der Waals surface area contributed by atoms with E-state index >= 15 is 0 Å². The summed E-state index contributed by atoms with van der Waals surface area (Å²) in [7, 11) is 0. The zero-order valence-electron chi connectivity index (χ0n) is 9.36. The Bertz CT molecular complexity index is 215. The van der Waals surface area contributed by atoms with Crippen LogP contribution in [0.3, 0.4) is 0 Å². The number of hydrogen-bond acceptors (Lipinski definition) is 3.